The highest BCUT2D eigenvalue weighted by Crippen LogP contribution is 2.42. The molecule has 1 saturated heterocycles. The molecule has 0 saturated carbocycles. The second-order valence-corrected chi connectivity index (χ2v) is 5.21. The Balaban J connectivity index is 2.26. The third-order valence-corrected chi connectivity index (χ3v) is 3.87. The Morgan fingerprint density at radius 1 is 1.20 bits per heavy atom. The largest absolute Gasteiger partial charge is 0.290 e. The summed E-state index contributed by atoms with van der Waals surface area (Å²) in [4.78, 5) is 48.1. The topological polar surface area (TPSA) is 83.6 Å². The molecule has 7 heteroatoms. The maximum absolute atomic E-state index is 12.4. The van der Waals surface area contributed by atoms with Crippen LogP contribution in [0.1, 0.15) is 12.5 Å². The maximum Gasteiger partial charge on any atom is 0.290 e. The molecule has 3 rings (SSSR count). The molecule has 1 N–H and O–H groups in total. The van der Waals surface area contributed by atoms with Crippen molar-refractivity contribution in [2.45, 2.75) is 6.92 Å². The van der Waals surface area contributed by atoms with Gasteiger partial charge >= 0.3 is 0 Å². The molecule has 0 atom stereocenters. The third kappa shape index (κ3) is 1.67. The number of amides is 4. The predicted octanol–water partition coefficient (Wildman–Crippen LogP) is 1.27. The summed E-state index contributed by atoms with van der Waals surface area (Å²) in [6.07, 6.45) is 0. The van der Waals surface area contributed by atoms with Crippen LogP contribution in [0.3, 0.4) is 0 Å². The lowest BCUT2D eigenvalue weighted by atomic mass is 10.1. The summed E-state index contributed by atoms with van der Waals surface area (Å²) >= 11 is 0.673. The Kier molecular flexibility index (Phi) is 2.72. The van der Waals surface area contributed by atoms with Gasteiger partial charge in [0.2, 0.25) is 5.91 Å². The summed E-state index contributed by atoms with van der Waals surface area (Å²) < 4.78 is 0. The Morgan fingerprint density at radius 2 is 1.90 bits per heavy atom. The van der Waals surface area contributed by atoms with E-state index < -0.39 is 23.0 Å². The molecule has 0 aliphatic carbocycles. The minimum absolute atomic E-state index is 0.0381. The first-order chi connectivity index (χ1) is 9.50. The van der Waals surface area contributed by atoms with E-state index in [1.165, 1.54) is 6.92 Å². The van der Waals surface area contributed by atoms with Crippen LogP contribution in [0.4, 0.5) is 10.5 Å². The van der Waals surface area contributed by atoms with Gasteiger partial charge in [-0.2, -0.15) is 0 Å². The lowest BCUT2D eigenvalue weighted by molar-refractivity contribution is -0.122. The molecule has 2 aliphatic heterocycles. The normalized spacial score (nSPS) is 21.2. The zero-order valence-corrected chi connectivity index (χ0v) is 11.1. The second kappa shape index (κ2) is 4.31. The molecule has 100 valence electrons. The van der Waals surface area contributed by atoms with E-state index in [9.17, 15) is 19.2 Å². The van der Waals surface area contributed by atoms with Crippen LogP contribution in [0.15, 0.2) is 29.2 Å². The quantitative estimate of drug-likeness (QED) is 0.727. The number of carbonyl (C=O) groups excluding carboxylic acids is 4. The van der Waals surface area contributed by atoms with Crippen molar-refractivity contribution < 1.29 is 19.2 Å². The summed E-state index contributed by atoms with van der Waals surface area (Å²) in [5, 5.41) is 1.59. The molecule has 4 amide bonds. The van der Waals surface area contributed by atoms with Gasteiger partial charge in [0.15, 0.2) is 0 Å². The number of fused-ring (bicyclic) bond motifs is 1. The van der Waals surface area contributed by atoms with E-state index >= 15 is 0 Å². The van der Waals surface area contributed by atoms with Gasteiger partial charge in [0, 0.05) is 12.5 Å². The van der Waals surface area contributed by atoms with Crippen molar-refractivity contribution in [3.8, 4) is 0 Å². The monoisotopic (exact) mass is 288 g/mol. The maximum atomic E-state index is 12.4. The molecule has 2 heterocycles. The molecule has 1 aromatic carbocycles. The minimum Gasteiger partial charge on any atom is -0.282 e. The number of benzene rings is 1. The number of nitrogens with zero attached hydrogens (tertiary/aromatic N) is 1. The summed E-state index contributed by atoms with van der Waals surface area (Å²) in [6, 6.07) is 6.68. The molecule has 1 fully saturated rings. The van der Waals surface area contributed by atoms with E-state index in [0.29, 0.717) is 23.0 Å². The third-order valence-electron chi connectivity index (χ3n) is 2.99. The molecule has 0 aromatic heterocycles. The highest BCUT2D eigenvalue weighted by molar-refractivity contribution is 8.18. The van der Waals surface area contributed by atoms with E-state index in [1.807, 2.05) is 0 Å². The van der Waals surface area contributed by atoms with E-state index in [4.69, 9.17) is 0 Å². The smallest absolute Gasteiger partial charge is 0.282 e. The Morgan fingerprint density at radius 3 is 2.50 bits per heavy atom. The number of anilines is 1. The first-order valence-corrected chi connectivity index (χ1v) is 6.54. The average molecular weight is 288 g/mol. The summed E-state index contributed by atoms with van der Waals surface area (Å²) in [5.41, 5.74) is 1.02. The van der Waals surface area contributed by atoms with Crippen LogP contribution in [-0.4, -0.2) is 23.0 Å². The number of imide groups is 2. The van der Waals surface area contributed by atoms with Gasteiger partial charge in [0.25, 0.3) is 17.1 Å². The molecule has 6 nitrogen and oxygen atoms in total. The highest BCUT2D eigenvalue weighted by atomic mass is 32.2. The summed E-state index contributed by atoms with van der Waals surface area (Å²) in [7, 11) is 0. The van der Waals surface area contributed by atoms with Crippen molar-refractivity contribution in [2.24, 2.45) is 0 Å². The Labute approximate surface area is 117 Å². The Hall–Kier alpha value is -2.41. The fraction of sp³-hybridized carbons (Fsp3) is 0.0769. The van der Waals surface area contributed by atoms with Crippen molar-refractivity contribution >= 4 is 46.0 Å². The molecule has 0 bridgehead atoms. The van der Waals surface area contributed by atoms with Crippen LogP contribution in [0, 0.1) is 0 Å². The first kappa shape index (κ1) is 12.6. The molecular weight excluding hydrogens is 280 g/mol. The molecule has 1 aromatic rings. The van der Waals surface area contributed by atoms with E-state index in [-0.39, 0.29) is 10.5 Å². The molecule has 20 heavy (non-hydrogen) atoms. The number of thioether (sulfide) groups is 1. The number of para-hydroxylation sites is 1. The fourth-order valence-electron chi connectivity index (χ4n) is 2.23. The van der Waals surface area contributed by atoms with E-state index in [0.717, 1.165) is 4.90 Å². The molecule has 0 radical (unpaired) electrons. The predicted molar refractivity (Wildman–Crippen MR) is 72.7 cm³/mol. The van der Waals surface area contributed by atoms with Crippen molar-refractivity contribution in [1.29, 1.82) is 0 Å². The average Bonchev–Trinajstić information content (AvgIpc) is 2.85. The number of carbonyl (C=O) groups is 4. The summed E-state index contributed by atoms with van der Waals surface area (Å²) in [5.74, 6) is -1.62. The zero-order valence-electron chi connectivity index (χ0n) is 10.3. The molecular formula is C13H8N2O4S. The lowest BCUT2D eigenvalue weighted by Gasteiger charge is -2.11. The van der Waals surface area contributed by atoms with Crippen LogP contribution in [0.2, 0.25) is 0 Å². The highest BCUT2D eigenvalue weighted by Gasteiger charge is 2.41. The summed E-state index contributed by atoms with van der Waals surface area (Å²) in [6.45, 7) is 1.27. The number of nitrogens with one attached hydrogen (secondary N) is 1. The van der Waals surface area contributed by atoms with Crippen molar-refractivity contribution in [3.05, 3.63) is 34.7 Å². The van der Waals surface area contributed by atoms with Crippen molar-refractivity contribution in [1.82, 2.24) is 5.32 Å². The van der Waals surface area contributed by atoms with Crippen LogP contribution in [0.5, 0.6) is 0 Å². The van der Waals surface area contributed by atoms with Crippen LogP contribution in [0.25, 0.3) is 5.57 Å². The van der Waals surface area contributed by atoms with Crippen LogP contribution < -0.4 is 10.2 Å². The van der Waals surface area contributed by atoms with Gasteiger partial charge in [0.05, 0.1) is 16.2 Å². The fourth-order valence-corrected chi connectivity index (χ4v) is 3.00. The van der Waals surface area contributed by atoms with Gasteiger partial charge in [-0.15, -0.1) is 0 Å². The SMILES string of the molecule is CC(=O)N1C(=O)/C(=C2/SC(=O)NC2=O)c2ccccc21. The van der Waals surface area contributed by atoms with Gasteiger partial charge in [0.1, 0.15) is 0 Å². The molecule has 0 unspecified atom stereocenters. The van der Waals surface area contributed by atoms with Crippen molar-refractivity contribution in [3.63, 3.8) is 0 Å². The van der Waals surface area contributed by atoms with Gasteiger partial charge in [-0.25, -0.2) is 4.90 Å². The Bertz CT molecular complexity index is 723. The van der Waals surface area contributed by atoms with E-state index in [2.05, 4.69) is 5.32 Å². The minimum atomic E-state index is -0.608. The number of hydrogen-bond acceptors (Lipinski definition) is 5. The van der Waals surface area contributed by atoms with Crippen LogP contribution in [-0.2, 0) is 14.4 Å². The molecule has 2 aliphatic rings. The zero-order chi connectivity index (χ0) is 14.4. The van der Waals surface area contributed by atoms with Gasteiger partial charge in [-0.05, 0) is 17.8 Å². The standard InChI is InChI=1S/C13H8N2O4S/c1-6(16)15-8-5-3-2-4-7(8)9(12(15)18)10-11(17)14-13(19)20-10/h2-5H,1H3,(H,14,17,19)/b10-9+. The van der Waals surface area contributed by atoms with E-state index in [1.54, 1.807) is 24.3 Å². The number of rotatable bonds is 0. The van der Waals surface area contributed by atoms with Gasteiger partial charge in [-0.3, -0.25) is 24.5 Å². The first-order valence-electron chi connectivity index (χ1n) is 5.72. The van der Waals surface area contributed by atoms with Crippen LogP contribution >= 0.6 is 11.8 Å². The van der Waals surface area contributed by atoms with Gasteiger partial charge < -0.3 is 0 Å². The lowest BCUT2D eigenvalue weighted by Crippen LogP contribution is -2.31. The molecule has 0 spiro atoms. The van der Waals surface area contributed by atoms with Gasteiger partial charge in [-0.1, -0.05) is 18.2 Å². The second-order valence-electron chi connectivity index (χ2n) is 4.22. The number of hydrogen-bond donors (Lipinski definition) is 1. The van der Waals surface area contributed by atoms with Crippen molar-refractivity contribution in [2.75, 3.05) is 4.90 Å².